The van der Waals surface area contributed by atoms with Gasteiger partial charge in [0.2, 0.25) is 11.1 Å². The van der Waals surface area contributed by atoms with Crippen molar-refractivity contribution in [3.05, 3.63) is 24.3 Å². The Balaban J connectivity index is 2.14. The third kappa shape index (κ3) is 2.96. The van der Waals surface area contributed by atoms with Gasteiger partial charge in [-0.15, -0.1) is 0 Å². The number of hydrogen-bond acceptors (Lipinski definition) is 3. The number of amides is 1. The monoisotopic (exact) mass is 294 g/mol. The van der Waals surface area contributed by atoms with Crippen molar-refractivity contribution in [3.8, 4) is 0 Å². The van der Waals surface area contributed by atoms with Crippen LogP contribution in [0.5, 0.6) is 0 Å². The zero-order valence-corrected chi connectivity index (χ0v) is 12.6. The second-order valence-electron chi connectivity index (χ2n) is 4.90. The van der Waals surface area contributed by atoms with Crippen molar-refractivity contribution < 1.29 is 9.59 Å². The fourth-order valence-electron chi connectivity index (χ4n) is 2.54. The number of nitrogens with zero attached hydrogens (tertiary/aromatic N) is 2. The lowest BCUT2D eigenvalue weighted by molar-refractivity contribution is -0.120. The minimum Gasteiger partial charge on any atom is -0.372 e. The van der Waals surface area contributed by atoms with Crippen molar-refractivity contribution in [2.45, 2.75) is 20.3 Å². The van der Waals surface area contributed by atoms with E-state index < -0.39 is 5.24 Å². The smallest absolute Gasteiger partial charge is 0.227 e. The van der Waals surface area contributed by atoms with E-state index in [2.05, 4.69) is 18.7 Å². The molecule has 0 saturated carbocycles. The summed E-state index contributed by atoms with van der Waals surface area (Å²) in [6.45, 7) is 6.49. The van der Waals surface area contributed by atoms with Gasteiger partial charge in [-0.05, 0) is 49.7 Å². The molecule has 1 aliphatic rings. The van der Waals surface area contributed by atoms with E-state index in [-0.39, 0.29) is 18.2 Å². The van der Waals surface area contributed by atoms with E-state index in [0.29, 0.717) is 6.54 Å². The van der Waals surface area contributed by atoms with Crippen LogP contribution in [0, 0.1) is 5.92 Å². The van der Waals surface area contributed by atoms with Crippen molar-refractivity contribution in [1.82, 2.24) is 0 Å². The Morgan fingerprint density at radius 1 is 1.30 bits per heavy atom. The van der Waals surface area contributed by atoms with Crippen molar-refractivity contribution in [3.63, 3.8) is 0 Å². The number of benzene rings is 1. The molecule has 108 valence electrons. The Hall–Kier alpha value is -1.55. The molecule has 1 aromatic carbocycles. The van der Waals surface area contributed by atoms with E-state index in [9.17, 15) is 9.59 Å². The number of carbonyl (C=O) groups excluding carboxylic acids is 2. The Kier molecular flexibility index (Phi) is 4.65. The van der Waals surface area contributed by atoms with Crippen molar-refractivity contribution >= 4 is 34.1 Å². The molecule has 2 rings (SSSR count). The maximum atomic E-state index is 11.9. The van der Waals surface area contributed by atoms with Crippen LogP contribution in [-0.2, 0) is 9.59 Å². The molecule has 1 atom stereocenters. The predicted octanol–water partition coefficient (Wildman–Crippen LogP) is 2.65. The number of anilines is 2. The van der Waals surface area contributed by atoms with Crippen molar-refractivity contribution in [2.75, 3.05) is 29.4 Å². The largest absolute Gasteiger partial charge is 0.372 e. The zero-order chi connectivity index (χ0) is 14.7. The molecule has 1 aromatic rings. The van der Waals surface area contributed by atoms with Gasteiger partial charge in [-0.3, -0.25) is 9.59 Å². The molecule has 0 N–H and O–H groups in total. The van der Waals surface area contributed by atoms with Gasteiger partial charge in [-0.1, -0.05) is 0 Å². The van der Waals surface area contributed by atoms with E-state index in [1.807, 2.05) is 24.3 Å². The Morgan fingerprint density at radius 2 is 1.90 bits per heavy atom. The summed E-state index contributed by atoms with van der Waals surface area (Å²) in [7, 11) is 0. The molecule has 1 aliphatic heterocycles. The van der Waals surface area contributed by atoms with E-state index in [0.717, 1.165) is 24.5 Å². The minimum atomic E-state index is -0.430. The lowest BCUT2D eigenvalue weighted by Crippen LogP contribution is -2.25. The van der Waals surface area contributed by atoms with Gasteiger partial charge in [0, 0.05) is 37.4 Å². The van der Waals surface area contributed by atoms with Gasteiger partial charge in [-0.25, -0.2) is 0 Å². The van der Waals surface area contributed by atoms with Crippen LogP contribution in [0.15, 0.2) is 24.3 Å². The highest BCUT2D eigenvalue weighted by molar-refractivity contribution is 6.64. The molecule has 1 fully saturated rings. The molecule has 4 nitrogen and oxygen atoms in total. The topological polar surface area (TPSA) is 40.6 Å². The highest BCUT2D eigenvalue weighted by Gasteiger charge is 2.34. The zero-order valence-electron chi connectivity index (χ0n) is 11.8. The Morgan fingerprint density at radius 3 is 2.35 bits per heavy atom. The molecule has 0 unspecified atom stereocenters. The van der Waals surface area contributed by atoms with E-state index >= 15 is 0 Å². The summed E-state index contributed by atoms with van der Waals surface area (Å²) >= 11 is 5.48. The average Bonchev–Trinajstić information content (AvgIpc) is 2.83. The number of carbonyl (C=O) groups is 2. The molecule has 0 bridgehead atoms. The van der Waals surface area contributed by atoms with Gasteiger partial charge in [0.25, 0.3) is 0 Å². The van der Waals surface area contributed by atoms with Crippen LogP contribution in [0.1, 0.15) is 20.3 Å². The molecule has 1 heterocycles. The normalized spacial score (nSPS) is 18.4. The molecule has 1 saturated heterocycles. The van der Waals surface area contributed by atoms with Gasteiger partial charge in [0.15, 0.2) is 0 Å². The third-order valence-electron chi connectivity index (χ3n) is 3.74. The highest BCUT2D eigenvalue weighted by atomic mass is 35.5. The van der Waals surface area contributed by atoms with Crippen LogP contribution in [-0.4, -0.2) is 30.8 Å². The fourth-order valence-corrected chi connectivity index (χ4v) is 2.69. The van der Waals surface area contributed by atoms with E-state index in [4.69, 9.17) is 11.6 Å². The molecule has 5 heteroatoms. The first-order valence-corrected chi connectivity index (χ1v) is 7.29. The fraction of sp³-hybridized carbons (Fsp3) is 0.467. The molecule has 0 spiro atoms. The predicted molar refractivity (Wildman–Crippen MR) is 81.3 cm³/mol. The molecular formula is C15H19ClN2O2. The number of halogens is 1. The van der Waals surface area contributed by atoms with Crippen molar-refractivity contribution in [2.24, 2.45) is 5.92 Å². The summed E-state index contributed by atoms with van der Waals surface area (Å²) < 4.78 is 0. The highest BCUT2D eigenvalue weighted by Crippen LogP contribution is 2.28. The summed E-state index contributed by atoms with van der Waals surface area (Å²) in [5.41, 5.74) is 1.96. The van der Waals surface area contributed by atoms with Crippen LogP contribution < -0.4 is 9.80 Å². The SMILES string of the molecule is CCN(CC)c1ccc(N2C[C@@H](C(=O)Cl)CC2=O)cc1. The first-order valence-electron chi connectivity index (χ1n) is 6.91. The summed E-state index contributed by atoms with van der Waals surface area (Å²) in [6.07, 6.45) is 0.208. The lowest BCUT2D eigenvalue weighted by atomic mass is 10.1. The average molecular weight is 295 g/mol. The molecule has 0 aromatic heterocycles. The first-order chi connectivity index (χ1) is 9.56. The molecule has 0 aliphatic carbocycles. The van der Waals surface area contributed by atoms with Crippen molar-refractivity contribution in [1.29, 1.82) is 0 Å². The quantitative estimate of drug-likeness (QED) is 0.784. The van der Waals surface area contributed by atoms with E-state index in [1.54, 1.807) is 4.90 Å². The second-order valence-corrected chi connectivity index (χ2v) is 5.27. The van der Waals surface area contributed by atoms with Crippen LogP contribution in [0.3, 0.4) is 0 Å². The number of hydrogen-bond donors (Lipinski definition) is 0. The van der Waals surface area contributed by atoms with Crippen LogP contribution in [0.2, 0.25) is 0 Å². The minimum absolute atomic E-state index is 0.0420. The summed E-state index contributed by atoms with van der Waals surface area (Å²) in [6, 6.07) is 7.86. The van der Waals surface area contributed by atoms with Crippen LogP contribution >= 0.6 is 11.6 Å². The van der Waals surface area contributed by atoms with Gasteiger partial charge in [0.1, 0.15) is 0 Å². The summed E-state index contributed by atoms with van der Waals surface area (Å²) in [5, 5.41) is -0.430. The molecule has 1 amide bonds. The Bertz CT molecular complexity index is 497. The summed E-state index contributed by atoms with van der Waals surface area (Å²) in [4.78, 5) is 27.0. The van der Waals surface area contributed by atoms with Crippen LogP contribution in [0.4, 0.5) is 11.4 Å². The molecular weight excluding hydrogens is 276 g/mol. The standard InChI is InChI=1S/C15H19ClN2O2/c1-3-17(4-2)12-5-7-13(8-6-12)18-10-11(15(16)20)9-14(18)19/h5-8,11H,3-4,9-10H2,1-2H3/t11-/m0/s1. The lowest BCUT2D eigenvalue weighted by Gasteiger charge is -2.22. The third-order valence-corrected chi connectivity index (χ3v) is 4.04. The van der Waals surface area contributed by atoms with Gasteiger partial charge in [-0.2, -0.15) is 0 Å². The maximum absolute atomic E-state index is 11.9. The maximum Gasteiger partial charge on any atom is 0.227 e. The Labute approximate surface area is 124 Å². The van der Waals surface area contributed by atoms with E-state index in [1.165, 1.54) is 0 Å². The first kappa shape index (κ1) is 14.9. The van der Waals surface area contributed by atoms with Gasteiger partial charge < -0.3 is 9.80 Å². The van der Waals surface area contributed by atoms with Crippen LogP contribution in [0.25, 0.3) is 0 Å². The van der Waals surface area contributed by atoms with Gasteiger partial charge >= 0.3 is 0 Å². The van der Waals surface area contributed by atoms with Gasteiger partial charge in [0.05, 0.1) is 5.92 Å². The molecule has 0 radical (unpaired) electrons. The summed E-state index contributed by atoms with van der Waals surface area (Å²) in [5.74, 6) is -0.425. The molecule has 20 heavy (non-hydrogen) atoms. The second kappa shape index (κ2) is 6.27. The number of rotatable bonds is 5.